The molecular formula is C13H12BrFN2OS. The maximum Gasteiger partial charge on any atom is 0.253 e. The summed E-state index contributed by atoms with van der Waals surface area (Å²) in [6.45, 7) is 0.425. The summed E-state index contributed by atoms with van der Waals surface area (Å²) in [6.07, 6.45) is 0. The van der Waals surface area contributed by atoms with Gasteiger partial charge in [-0.15, -0.1) is 11.3 Å². The first-order valence-electron chi connectivity index (χ1n) is 5.59. The Hall–Kier alpha value is -1.40. The van der Waals surface area contributed by atoms with Gasteiger partial charge in [-0.1, -0.05) is 6.07 Å². The van der Waals surface area contributed by atoms with E-state index < -0.39 is 5.82 Å². The first kappa shape index (κ1) is 14.0. The van der Waals surface area contributed by atoms with Gasteiger partial charge >= 0.3 is 0 Å². The van der Waals surface area contributed by atoms with Crippen molar-refractivity contribution < 1.29 is 9.18 Å². The minimum Gasteiger partial charge on any atom is -0.385 e. The molecule has 0 aliphatic carbocycles. The Labute approximate surface area is 123 Å². The SMILES string of the molecule is CNc1c(F)cccc1C(=O)NCc1cc(Br)cs1. The number of hydrogen-bond acceptors (Lipinski definition) is 3. The molecule has 1 amide bonds. The molecule has 0 saturated carbocycles. The van der Waals surface area contributed by atoms with Crippen molar-refractivity contribution in [2.45, 2.75) is 6.54 Å². The van der Waals surface area contributed by atoms with Crippen molar-refractivity contribution in [2.75, 3.05) is 12.4 Å². The summed E-state index contributed by atoms with van der Waals surface area (Å²) in [6, 6.07) is 6.37. The van der Waals surface area contributed by atoms with E-state index in [9.17, 15) is 9.18 Å². The molecule has 19 heavy (non-hydrogen) atoms. The zero-order valence-corrected chi connectivity index (χ0v) is 12.6. The third-order valence-electron chi connectivity index (χ3n) is 2.55. The normalized spacial score (nSPS) is 10.3. The number of nitrogens with one attached hydrogen (secondary N) is 2. The molecule has 0 atom stereocenters. The van der Waals surface area contributed by atoms with Gasteiger partial charge in [-0.3, -0.25) is 4.79 Å². The van der Waals surface area contributed by atoms with Crippen molar-refractivity contribution in [2.24, 2.45) is 0 Å². The van der Waals surface area contributed by atoms with E-state index in [-0.39, 0.29) is 11.6 Å². The van der Waals surface area contributed by atoms with Gasteiger partial charge in [0.2, 0.25) is 0 Å². The Morgan fingerprint density at radius 2 is 2.26 bits per heavy atom. The lowest BCUT2D eigenvalue weighted by Crippen LogP contribution is -2.23. The smallest absolute Gasteiger partial charge is 0.253 e. The molecule has 0 aliphatic heterocycles. The number of para-hydroxylation sites is 1. The van der Waals surface area contributed by atoms with Crippen LogP contribution in [0.2, 0.25) is 0 Å². The zero-order valence-electron chi connectivity index (χ0n) is 10.2. The Balaban J connectivity index is 2.10. The van der Waals surface area contributed by atoms with E-state index in [0.717, 1.165) is 9.35 Å². The lowest BCUT2D eigenvalue weighted by molar-refractivity contribution is 0.0951. The molecule has 1 heterocycles. The van der Waals surface area contributed by atoms with E-state index in [0.29, 0.717) is 12.1 Å². The van der Waals surface area contributed by atoms with Gasteiger partial charge in [-0.25, -0.2) is 4.39 Å². The van der Waals surface area contributed by atoms with E-state index in [4.69, 9.17) is 0 Å². The molecule has 0 spiro atoms. The number of benzene rings is 1. The number of carbonyl (C=O) groups excluding carboxylic acids is 1. The molecule has 0 aliphatic rings. The van der Waals surface area contributed by atoms with Crippen LogP contribution in [-0.2, 0) is 6.54 Å². The van der Waals surface area contributed by atoms with Crippen LogP contribution in [0.4, 0.5) is 10.1 Å². The third kappa shape index (κ3) is 3.33. The van der Waals surface area contributed by atoms with Crippen molar-refractivity contribution in [3.05, 3.63) is 50.4 Å². The highest BCUT2D eigenvalue weighted by Gasteiger charge is 2.13. The lowest BCUT2D eigenvalue weighted by Gasteiger charge is -2.10. The van der Waals surface area contributed by atoms with Gasteiger partial charge in [0, 0.05) is 21.8 Å². The number of halogens is 2. The molecule has 6 heteroatoms. The molecule has 0 unspecified atom stereocenters. The number of hydrogen-bond donors (Lipinski definition) is 2. The lowest BCUT2D eigenvalue weighted by atomic mass is 10.1. The van der Waals surface area contributed by atoms with Crippen molar-refractivity contribution in [3.8, 4) is 0 Å². The fraction of sp³-hybridized carbons (Fsp3) is 0.154. The zero-order chi connectivity index (χ0) is 13.8. The molecular weight excluding hydrogens is 331 g/mol. The second-order valence-corrected chi connectivity index (χ2v) is 5.74. The van der Waals surface area contributed by atoms with Crippen LogP contribution < -0.4 is 10.6 Å². The van der Waals surface area contributed by atoms with Crippen LogP contribution in [0, 0.1) is 5.82 Å². The quantitative estimate of drug-likeness (QED) is 0.890. The molecule has 0 saturated heterocycles. The van der Waals surface area contributed by atoms with Crippen LogP contribution in [0.15, 0.2) is 34.1 Å². The predicted molar refractivity (Wildman–Crippen MR) is 79.1 cm³/mol. The van der Waals surface area contributed by atoms with E-state index in [1.807, 2.05) is 11.4 Å². The average molecular weight is 343 g/mol. The van der Waals surface area contributed by atoms with Gasteiger partial charge in [0.1, 0.15) is 5.82 Å². The largest absolute Gasteiger partial charge is 0.385 e. The summed E-state index contributed by atoms with van der Waals surface area (Å²) in [5.41, 5.74) is 0.519. The average Bonchev–Trinajstić information content (AvgIpc) is 2.81. The van der Waals surface area contributed by atoms with Crippen molar-refractivity contribution in [1.29, 1.82) is 0 Å². The van der Waals surface area contributed by atoms with Crippen molar-refractivity contribution >= 4 is 38.9 Å². The number of rotatable bonds is 4. The molecule has 2 N–H and O–H groups in total. The maximum absolute atomic E-state index is 13.5. The van der Waals surface area contributed by atoms with Gasteiger partial charge in [-0.05, 0) is 34.1 Å². The number of carbonyl (C=O) groups is 1. The molecule has 0 radical (unpaired) electrons. The van der Waals surface area contributed by atoms with E-state index in [1.54, 1.807) is 24.5 Å². The Morgan fingerprint density at radius 1 is 1.47 bits per heavy atom. The summed E-state index contributed by atoms with van der Waals surface area (Å²) in [5, 5.41) is 7.43. The van der Waals surface area contributed by atoms with Crippen LogP contribution in [0.1, 0.15) is 15.2 Å². The summed E-state index contributed by atoms with van der Waals surface area (Å²) < 4.78 is 14.5. The van der Waals surface area contributed by atoms with Crippen molar-refractivity contribution in [3.63, 3.8) is 0 Å². The highest BCUT2D eigenvalue weighted by Crippen LogP contribution is 2.21. The molecule has 3 nitrogen and oxygen atoms in total. The summed E-state index contributed by atoms with van der Waals surface area (Å²) >= 11 is 4.90. The molecule has 100 valence electrons. The highest BCUT2D eigenvalue weighted by atomic mass is 79.9. The predicted octanol–water partition coefficient (Wildman–Crippen LogP) is 3.62. The first-order valence-corrected chi connectivity index (χ1v) is 7.26. The molecule has 2 aromatic rings. The number of amides is 1. The molecule has 0 bridgehead atoms. The van der Waals surface area contributed by atoms with Crippen LogP contribution in [-0.4, -0.2) is 13.0 Å². The third-order valence-corrected chi connectivity index (χ3v) is 4.25. The van der Waals surface area contributed by atoms with Crippen LogP contribution in [0.3, 0.4) is 0 Å². The maximum atomic E-state index is 13.5. The molecule has 0 fully saturated rings. The summed E-state index contributed by atoms with van der Waals surface area (Å²) in [7, 11) is 1.59. The van der Waals surface area contributed by atoms with Gasteiger partial charge in [0.05, 0.1) is 17.8 Å². The number of anilines is 1. The molecule has 2 rings (SSSR count). The Bertz CT molecular complexity index is 600. The Kier molecular flexibility index (Phi) is 4.55. The minimum atomic E-state index is -0.436. The fourth-order valence-electron chi connectivity index (χ4n) is 1.68. The van der Waals surface area contributed by atoms with Crippen LogP contribution in [0.5, 0.6) is 0 Å². The summed E-state index contributed by atoms with van der Waals surface area (Å²) in [4.78, 5) is 13.1. The second kappa shape index (κ2) is 6.16. The van der Waals surface area contributed by atoms with Crippen LogP contribution >= 0.6 is 27.3 Å². The molecule has 1 aromatic heterocycles. The van der Waals surface area contributed by atoms with Gasteiger partial charge in [-0.2, -0.15) is 0 Å². The summed E-state index contributed by atoms with van der Waals surface area (Å²) in [5.74, 6) is -0.734. The minimum absolute atomic E-state index is 0.215. The van der Waals surface area contributed by atoms with E-state index in [2.05, 4.69) is 26.6 Å². The van der Waals surface area contributed by atoms with E-state index >= 15 is 0 Å². The molecule has 1 aromatic carbocycles. The number of thiophene rings is 1. The van der Waals surface area contributed by atoms with Gasteiger partial charge < -0.3 is 10.6 Å². The second-order valence-electron chi connectivity index (χ2n) is 3.83. The topological polar surface area (TPSA) is 41.1 Å². The van der Waals surface area contributed by atoms with Gasteiger partial charge in [0.15, 0.2) is 0 Å². The first-order chi connectivity index (χ1) is 9.11. The van der Waals surface area contributed by atoms with Crippen LogP contribution in [0.25, 0.3) is 0 Å². The monoisotopic (exact) mass is 342 g/mol. The Morgan fingerprint density at radius 3 is 2.89 bits per heavy atom. The van der Waals surface area contributed by atoms with E-state index in [1.165, 1.54) is 12.1 Å². The fourth-order valence-corrected chi connectivity index (χ4v) is 3.07. The standard InChI is InChI=1S/C13H12BrFN2OS/c1-16-12-10(3-2-4-11(12)15)13(18)17-6-9-5-8(14)7-19-9/h2-5,7,16H,6H2,1H3,(H,17,18). The highest BCUT2D eigenvalue weighted by molar-refractivity contribution is 9.10. The van der Waals surface area contributed by atoms with Gasteiger partial charge in [0.25, 0.3) is 5.91 Å². The van der Waals surface area contributed by atoms with Crippen molar-refractivity contribution in [1.82, 2.24) is 5.32 Å².